The van der Waals surface area contributed by atoms with Gasteiger partial charge in [-0.25, -0.2) is 4.98 Å². The van der Waals surface area contributed by atoms with Crippen molar-refractivity contribution in [2.45, 2.75) is 6.54 Å². The van der Waals surface area contributed by atoms with Crippen molar-refractivity contribution in [2.24, 2.45) is 0 Å². The number of pyridine rings is 1. The highest BCUT2D eigenvalue weighted by molar-refractivity contribution is 6.37. The number of carbonyl (C=O) groups excluding carboxylic acids is 1. The number of nitrogens with one attached hydrogen (secondary N) is 2. The van der Waals surface area contributed by atoms with Gasteiger partial charge in [-0.05, 0) is 12.1 Å². The first-order chi connectivity index (χ1) is 12.7. The Bertz CT molecular complexity index is 934. The van der Waals surface area contributed by atoms with Crippen LogP contribution in [0.4, 0.5) is 5.69 Å². The van der Waals surface area contributed by atoms with Gasteiger partial charge in [0.25, 0.3) is 5.91 Å². The number of hydrogen-bond acceptors (Lipinski definition) is 4. The van der Waals surface area contributed by atoms with E-state index in [-0.39, 0.29) is 5.91 Å². The molecule has 0 aliphatic carbocycles. The standard InChI is InChI=1S/C19H19BN4O2/c20-17-4-2-1-3-16(17)19(25)23-14-9-13-10-15(22-18(13)21-11-14)12-24-5-7-26-8-6-24/h1-4,9-11H,5-8,12H2,(H,21,22)(H,23,25). The monoisotopic (exact) mass is 346 g/mol. The van der Waals surface area contributed by atoms with E-state index < -0.39 is 0 Å². The Hall–Kier alpha value is -2.64. The lowest BCUT2D eigenvalue weighted by atomic mass is 9.90. The molecule has 0 spiro atoms. The zero-order chi connectivity index (χ0) is 17.9. The minimum Gasteiger partial charge on any atom is -0.379 e. The number of amides is 1. The molecule has 7 heteroatoms. The summed E-state index contributed by atoms with van der Waals surface area (Å²) in [6.45, 7) is 4.25. The van der Waals surface area contributed by atoms with Crippen molar-refractivity contribution in [3.63, 3.8) is 0 Å². The average Bonchev–Trinajstić information content (AvgIpc) is 3.04. The van der Waals surface area contributed by atoms with Crippen molar-refractivity contribution in [2.75, 3.05) is 31.6 Å². The molecule has 2 aromatic heterocycles. The second kappa shape index (κ2) is 7.31. The summed E-state index contributed by atoms with van der Waals surface area (Å²) in [5.74, 6) is -0.242. The third-order valence-electron chi connectivity index (χ3n) is 4.49. The van der Waals surface area contributed by atoms with Gasteiger partial charge in [-0.15, -0.1) is 0 Å². The van der Waals surface area contributed by atoms with Crippen LogP contribution in [0.5, 0.6) is 0 Å². The number of ether oxygens (including phenoxy) is 1. The van der Waals surface area contributed by atoms with Crippen LogP contribution in [-0.2, 0) is 11.3 Å². The molecule has 2 N–H and O–H groups in total. The summed E-state index contributed by atoms with van der Waals surface area (Å²) in [5.41, 5.74) is 3.46. The number of carbonyl (C=O) groups is 1. The Morgan fingerprint density at radius 2 is 2.08 bits per heavy atom. The number of rotatable bonds is 4. The van der Waals surface area contributed by atoms with Crippen LogP contribution >= 0.6 is 0 Å². The number of aromatic amines is 1. The molecule has 3 aromatic rings. The van der Waals surface area contributed by atoms with Gasteiger partial charge in [-0.3, -0.25) is 9.69 Å². The summed E-state index contributed by atoms with van der Waals surface area (Å²) < 4.78 is 5.38. The van der Waals surface area contributed by atoms with Crippen LogP contribution < -0.4 is 10.8 Å². The van der Waals surface area contributed by atoms with E-state index in [2.05, 4.69) is 26.3 Å². The minimum absolute atomic E-state index is 0.242. The molecular formula is C19H19BN4O2. The van der Waals surface area contributed by atoms with Gasteiger partial charge >= 0.3 is 0 Å². The van der Waals surface area contributed by atoms with Gasteiger partial charge in [0.2, 0.25) is 0 Å². The number of benzene rings is 1. The number of aromatic nitrogens is 2. The lowest BCUT2D eigenvalue weighted by Crippen LogP contribution is -2.35. The highest BCUT2D eigenvalue weighted by Crippen LogP contribution is 2.19. The fraction of sp³-hybridized carbons (Fsp3) is 0.263. The van der Waals surface area contributed by atoms with Crippen molar-refractivity contribution >= 4 is 35.9 Å². The number of nitrogens with zero attached hydrogens (tertiary/aromatic N) is 2. The molecule has 0 unspecified atom stereocenters. The van der Waals surface area contributed by atoms with E-state index in [0.717, 1.165) is 49.6 Å². The molecule has 1 saturated heterocycles. The smallest absolute Gasteiger partial charge is 0.255 e. The van der Waals surface area contributed by atoms with Gasteiger partial charge < -0.3 is 15.0 Å². The summed E-state index contributed by atoms with van der Waals surface area (Å²) in [6, 6.07) is 11.0. The first kappa shape index (κ1) is 16.8. The molecule has 0 saturated carbocycles. The van der Waals surface area contributed by atoms with Gasteiger partial charge in [-0.2, -0.15) is 0 Å². The molecule has 6 nitrogen and oxygen atoms in total. The van der Waals surface area contributed by atoms with Crippen LogP contribution in [0.25, 0.3) is 11.0 Å². The van der Waals surface area contributed by atoms with Crippen LogP contribution in [-0.4, -0.2) is 54.9 Å². The molecule has 1 aliphatic rings. The van der Waals surface area contributed by atoms with Crippen LogP contribution in [0.2, 0.25) is 0 Å². The summed E-state index contributed by atoms with van der Waals surface area (Å²) in [7, 11) is 5.86. The van der Waals surface area contributed by atoms with E-state index in [4.69, 9.17) is 12.6 Å². The number of fused-ring (bicyclic) bond motifs is 1. The molecular weight excluding hydrogens is 327 g/mol. The largest absolute Gasteiger partial charge is 0.379 e. The third-order valence-corrected chi connectivity index (χ3v) is 4.49. The maximum Gasteiger partial charge on any atom is 0.255 e. The molecule has 26 heavy (non-hydrogen) atoms. The van der Waals surface area contributed by atoms with Crippen LogP contribution in [0.1, 0.15) is 16.1 Å². The number of morpholine rings is 1. The SMILES string of the molecule is [B]c1ccccc1C(=O)Nc1cnc2[nH]c(CN3CCOCC3)cc2c1. The Kier molecular flexibility index (Phi) is 4.73. The molecule has 3 heterocycles. The predicted molar refractivity (Wildman–Crippen MR) is 102 cm³/mol. The Morgan fingerprint density at radius 3 is 2.88 bits per heavy atom. The zero-order valence-corrected chi connectivity index (χ0v) is 14.4. The number of H-pyrrole nitrogens is 1. The van der Waals surface area contributed by atoms with E-state index in [9.17, 15) is 4.79 Å². The van der Waals surface area contributed by atoms with Crippen molar-refractivity contribution in [3.8, 4) is 0 Å². The lowest BCUT2D eigenvalue weighted by Gasteiger charge is -2.25. The topological polar surface area (TPSA) is 70.2 Å². The fourth-order valence-electron chi connectivity index (χ4n) is 3.13. The lowest BCUT2D eigenvalue weighted by molar-refractivity contribution is 0.0337. The van der Waals surface area contributed by atoms with Crippen molar-refractivity contribution in [3.05, 3.63) is 53.9 Å². The number of anilines is 1. The average molecular weight is 346 g/mol. The molecule has 130 valence electrons. The zero-order valence-electron chi connectivity index (χ0n) is 14.4. The van der Waals surface area contributed by atoms with E-state index in [1.807, 2.05) is 6.07 Å². The summed E-state index contributed by atoms with van der Waals surface area (Å²) in [4.78, 5) is 22.5. The van der Waals surface area contributed by atoms with Gasteiger partial charge in [0.1, 0.15) is 13.5 Å². The quantitative estimate of drug-likeness (QED) is 0.702. The third kappa shape index (κ3) is 3.64. The van der Waals surface area contributed by atoms with Gasteiger partial charge in [-0.1, -0.05) is 29.7 Å². The summed E-state index contributed by atoms with van der Waals surface area (Å²) in [6.07, 6.45) is 1.65. The van der Waals surface area contributed by atoms with Gasteiger partial charge in [0.05, 0.1) is 25.1 Å². The van der Waals surface area contributed by atoms with Crippen LogP contribution in [0.3, 0.4) is 0 Å². The number of hydrogen-bond donors (Lipinski definition) is 2. The molecule has 1 fully saturated rings. The second-order valence-corrected chi connectivity index (χ2v) is 6.39. The van der Waals surface area contributed by atoms with E-state index in [0.29, 0.717) is 16.7 Å². The molecule has 4 rings (SSSR count). The first-order valence-corrected chi connectivity index (χ1v) is 8.62. The van der Waals surface area contributed by atoms with E-state index >= 15 is 0 Å². The van der Waals surface area contributed by atoms with Crippen molar-refractivity contribution in [1.29, 1.82) is 0 Å². The minimum atomic E-state index is -0.242. The normalized spacial score (nSPS) is 15.2. The Balaban J connectivity index is 1.50. The van der Waals surface area contributed by atoms with E-state index in [1.165, 1.54) is 0 Å². The Labute approximate surface area is 153 Å². The maximum absolute atomic E-state index is 12.4. The summed E-state index contributed by atoms with van der Waals surface area (Å²) in [5, 5.41) is 3.82. The summed E-state index contributed by atoms with van der Waals surface area (Å²) >= 11 is 0. The highest BCUT2D eigenvalue weighted by Gasteiger charge is 2.13. The van der Waals surface area contributed by atoms with Crippen LogP contribution in [0, 0.1) is 0 Å². The van der Waals surface area contributed by atoms with Crippen LogP contribution in [0.15, 0.2) is 42.6 Å². The Morgan fingerprint density at radius 1 is 1.27 bits per heavy atom. The molecule has 0 atom stereocenters. The molecule has 1 aromatic carbocycles. The maximum atomic E-state index is 12.4. The first-order valence-electron chi connectivity index (χ1n) is 8.62. The predicted octanol–water partition coefficient (Wildman–Crippen LogP) is 1.44. The van der Waals surface area contributed by atoms with Crippen molar-refractivity contribution < 1.29 is 9.53 Å². The molecule has 2 radical (unpaired) electrons. The van der Waals surface area contributed by atoms with Gasteiger partial charge in [0, 0.05) is 36.3 Å². The molecule has 1 aliphatic heterocycles. The van der Waals surface area contributed by atoms with Crippen molar-refractivity contribution in [1.82, 2.24) is 14.9 Å². The van der Waals surface area contributed by atoms with E-state index in [1.54, 1.807) is 30.5 Å². The highest BCUT2D eigenvalue weighted by atomic mass is 16.5. The fourth-order valence-corrected chi connectivity index (χ4v) is 3.13. The van der Waals surface area contributed by atoms with Gasteiger partial charge in [0.15, 0.2) is 0 Å². The molecule has 1 amide bonds. The molecule has 0 bridgehead atoms. The second-order valence-electron chi connectivity index (χ2n) is 6.39.